The van der Waals surface area contributed by atoms with Gasteiger partial charge in [0.1, 0.15) is 5.50 Å². The second kappa shape index (κ2) is 13.5. The number of thioether (sulfide) groups is 1. The largest absolute Gasteiger partial charge is 0.395 e. The van der Waals surface area contributed by atoms with Crippen molar-refractivity contribution in [1.29, 1.82) is 0 Å². The molecule has 8 unspecified atom stereocenters. The highest BCUT2D eigenvalue weighted by atomic mass is 32.2. The molecule has 0 amide bonds. The first kappa shape index (κ1) is 29.1. The maximum absolute atomic E-state index is 9.40. The summed E-state index contributed by atoms with van der Waals surface area (Å²) in [4.78, 5) is 10.5. The average Bonchev–Trinajstić information content (AvgIpc) is 3.63. The van der Waals surface area contributed by atoms with Gasteiger partial charge in [-0.2, -0.15) is 0 Å². The third-order valence-corrected chi connectivity index (χ3v) is 12.5. The minimum absolute atomic E-state index is 0.287. The Labute approximate surface area is 237 Å². The monoisotopic (exact) mass is 544 g/mol. The molecular weight excluding hydrogens is 488 g/mol. The van der Waals surface area contributed by atoms with E-state index in [-0.39, 0.29) is 6.61 Å². The van der Waals surface area contributed by atoms with E-state index >= 15 is 0 Å². The molecule has 6 heteroatoms. The van der Waals surface area contributed by atoms with Gasteiger partial charge in [0.15, 0.2) is 0 Å². The molecule has 0 radical (unpaired) electrons. The first-order valence-electron chi connectivity index (χ1n) is 16.1. The van der Waals surface area contributed by atoms with Crippen molar-refractivity contribution < 1.29 is 5.11 Å². The summed E-state index contributed by atoms with van der Waals surface area (Å²) in [6.45, 7) is 12.0. The molecule has 5 rings (SSSR count). The van der Waals surface area contributed by atoms with E-state index in [4.69, 9.17) is 4.99 Å². The van der Waals surface area contributed by atoms with Gasteiger partial charge in [-0.3, -0.25) is 15.2 Å². The summed E-state index contributed by atoms with van der Waals surface area (Å²) in [6.07, 6.45) is 17.7. The molecule has 1 saturated carbocycles. The van der Waals surface area contributed by atoms with Gasteiger partial charge in [-0.05, 0) is 127 Å². The second-order valence-corrected chi connectivity index (χ2v) is 15.0. The van der Waals surface area contributed by atoms with Crippen LogP contribution in [-0.4, -0.2) is 83.3 Å². The number of fused-ring (bicyclic) bond motifs is 1. The summed E-state index contributed by atoms with van der Waals surface area (Å²) in [5.41, 5.74) is 1.89. The van der Waals surface area contributed by atoms with Crippen LogP contribution in [0, 0.1) is 35.5 Å². The average molecular weight is 545 g/mol. The number of aliphatic hydroxyl groups excluding tert-OH is 1. The molecule has 0 aromatic heterocycles. The van der Waals surface area contributed by atoms with E-state index in [1.54, 1.807) is 0 Å². The van der Waals surface area contributed by atoms with Crippen LogP contribution in [0.2, 0.25) is 0 Å². The SMILES string of the molecule is CC1=N[C@@H](C(C)C2CCCN(CCO)CC2)CCC(C)C(NC2SC(C3CC=CCC3)CN2C)C2C[C@H]2C1. The number of allylic oxidation sites excluding steroid dienone is 2. The van der Waals surface area contributed by atoms with Gasteiger partial charge in [0, 0.05) is 30.1 Å². The molecule has 5 aliphatic rings. The molecule has 3 fully saturated rings. The summed E-state index contributed by atoms with van der Waals surface area (Å²) in [6, 6.07) is 1.10. The predicted octanol–water partition coefficient (Wildman–Crippen LogP) is 5.65. The van der Waals surface area contributed by atoms with Crippen molar-refractivity contribution in [2.24, 2.45) is 40.5 Å². The number of aliphatic hydroxyl groups is 1. The minimum Gasteiger partial charge on any atom is -0.395 e. The predicted molar refractivity (Wildman–Crippen MR) is 163 cm³/mol. The van der Waals surface area contributed by atoms with Crippen LogP contribution in [0.4, 0.5) is 0 Å². The van der Waals surface area contributed by atoms with Gasteiger partial charge in [-0.15, -0.1) is 11.8 Å². The molecule has 2 aliphatic carbocycles. The molecule has 0 bridgehead atoms. The number of likely N-dealkylation sites (tertiary alicyclic amines) is 1. The topological polar surface area (TPSA) is 51.1 Å². The summed E-state index contributed by atoms with van der Waals surface area (Å²) >= 11 is 2.23. The van der Waals surface area contributed by atoms with E-state index in [9.17, 15) is 5.11 Å². The van der Waals surface area contributed by atoms with Gasteiger partial charge in [0.2, 0.25) is 0 Å². The maximum atomic E-state index is 9.40. The van der Waals surface area contributed by atoms with Crippen LogP contribution in [0.15, 0.2) is 17.1 Å². The lowest BCUT2D eigenvalue weighted by atomic mass is 9.79. The van der Waals surface area contributed by atoms with Crippen LogP contribution in [0.25, 0.3) is 0 Å². The van der Waals surface area contributed by atoms with Crippen LogP contribution in [-0.2, 0) is 0 Å². The molecule has 5 nitrogen and oxygen atoms in total. The molecule has 216 valence electrons. The number of rotatable bonds is 7. The summed E-state index contributed by atoms with van der Waals surface area (Å²) in [7, 11) is 2.35. The van der Waals surface area contributed by atoms with Crippen LogP contribution >= 0.6 is 11.8 Å². The highest BCUT2D eigenvalue weighted by molar-refractivity contribution is 8.00. The third-order valence-electron chi connectivity index (χ3n) is 10.9. The van der Waals surface area contributed by atoms with Gasteiger partial charge in [0.05, 0.1) is 12.6 Å². The molecule has 10 atom stereocenters. The Balaban J connectivity index is 1.21. The van der Waals surface area contributed by atoms with Crippen molar-refractivity contribution in [2.45, 2.75) is 108 Å². The van der Waals surface area contributed by atoms with Crippen molar-refractivity contribution in [3.05, 3.63) is 12.2 Å². The number of hydrogen-bond donors (Lipinski definition) is 2. The van der Waals surface area contributed by atoms with E-state index in [0.29, 0.717) is 29.4 Å². The summed E-state index contributed by atoms with van der Waals surface area (Å²) in [5.74, 6) is 4.62. The summed E-state index contributed by atoms with van der Waals surface area (Å²) in [5, 5.41) is 14.4. The first-order chi connectivity index (χ1) is 18.4. The van der Waals surface area contributed by atoms with Gasteiger partial charge < -0.3 is 10.0 Å². The zero-order valence-electron chi connectivity index (χ0n) is 24.7. The molecular formula is C32H56N4OS. The third kappa shape index (κ3) is 7.26. The van der Waals surface area contributed by atoms with Crippen LogP contribution in [0.3, 0.4) is 0 Å². The quantitative estimate of drug-likeness (QED) is 0.406. The zero-order valence-corrected chi connectivity index (χ0v) is 25.5. The minimum atomic E-state index is 0.287. The number of nitrogens with zero attached hydrogens (tertiary/aromatic N) is 3. The molecule has 38 heavy (non-hydrogen) atoms. The number of aliphatic imine (C=N–C) groups is 1. The zero-order chi connectivity index (χ0) is 26.6. The Morgan fingerprint density at radius 2 is 2.00 bits per heavy atom. The fraction of sp³-hybridized carbons (Fsp3) is 0.906. The first-order valence-corrected chi connectivity index (χ1v) is 17.0. The lowest BCUT2D eigenvalue weighted by molar-refractivity contribution is 0.192. The van der Waals surface area contributed by atoms with Crippen LogP contribution in [0.5, 0.6) is 0 Å². The van der Waals surface area contributed by atoms with Gasteiger partial charge in [0.25, 0.3) is 0 Å². The van der Waals surface area contributed by atoms with E-state index in [1.165, 1.54) is 76.5 Å². The lowest BCUT2D eigenvalue weighted by Gasteiger charge is -2.34. The van der Waals surface area contributed by atoms with Crippen molar-refractivity contribution in [2.75, 3.05) is 39.8 Å². The standard InChI is InChI=1S/C32H56N4OS/c1-22-12-13-29(24(3)25-11-8-15-36(16-14-25)17-18-37)33-23(2)19-27-20-28(27)31(22)34-32-35(4)21-30(38-32)26-9-6-5-7-10-26/h5-6,22,24-32,34,37H,7-21H2,1-4H3/t22?,24?,25?,26?,27-,28?,29-,30?,31?,32?/m1/s1. The lowest BCUT2D eigenvalue weighted by Crippen LogP contribution is -2.47. The van der Waals surface area contributed by atoms with Gasteiger partial charge in [-0.1, -0.05) is 26.0 Å². The molecule has 3 heterocycles. The molecule has 0 spiro atoms. The van der Waals surface area contributed by atoms with E-state index in [0.717, 1.165) is 48.6 Å². The Morgan fingerprint density at radius 3 is 2.79 bits per heavy atom. The number of nitrogens with one attached hydrogen (secondary N) is 1. The van der Waals surface area contributed by atoms with Gasteiger partial charge in [-0.25, -0.2) is 0 Å². The Kier molecular flexibility index (Phi) is 10.3. The van der Waals surface area contributed by atoms with Crippen LogP contribution in [0.1, 0.15) is 85.0 Å². The molecule has 2 saturated heterocycles. The highest BCUT2D eigenvalue weighted by Gasteiger charge is 2.47. The number of hydrogen-bond acceptors (Lipinski definition) is 6. The van der Waals surface area contributed by atoms with Gasteiger partial charge >= 0.3 is 0 Å². The van der Waals surface area contributed by atoms with Crippen LogP contribution < -0.4 is 5.32 Å². The van der Waals surface area contributed by atoms with Crippen molar-refractivity contribution in [1.82, 2.24) is 15.1 Å². The summed E-state index contributed by atoms with van der Waals surface area (Å²) < 4.78 is 0. The normalized spacial score (nSPS) is 42.2. The Hall–Kier alpha value is -0.400. The van der Waals surface area contributed by atoms with E-state index < -0.39 is 0 Å². The molecule has 3 aliphatic heterocycles. The van der Waals surface area contributed by atoms with E-state index in [2.05, 4.69) is 66.8 Å². The van der Waals surface area contributed by atoms with E-state index in [1.807, 2.05) is 0 Å². The molecule has 0 aromatic rings. The maximum Gasteiger partial charge on any atom is 0.108 e. The fourth-order valence-electron chi connectivity index (χ4n) is 8.25. The number of β-amino-alcohol motifs (C(OH)–C–C–N with tert-alkyl or cyclic N) is 1. The molecule has 2 N–H and O–H groups in total. The molecule has 0 aromatic carbocycles. The van der Waals surface area contributed by atoms with Crippen molar-refractivity contribution in [3.8, 4) is 0 Å². The van der Waals surface area contributed by atoms with Crippen molar-refractivity contribution >= 4 is 17.5 Å². The Morgan fingerprint density at radius 1 is 1.13 bits per heavy atom. The Bertz CT molecular complexity index is 819. The second-order valence-electron chi connectivity index (χ2n) is 13.7. The highest BCUT2D eigenvalue weighted by Crippen LogP contribution is 2.48. The smallest absolute Gasteiger partial charge is 0.108 e. The fourth-order valence-corrected chi connectivity index (χ4v) is 9.90. The van der Waals surface area contributed by atoms with Crippen molar-refractivity contribution in [3.63, 3.8) is 0 Å².